The van der Waals surface area contributed by atoms with Gasteiger partial charge in [-0.25, -0.2) is 4.79 Å². The van der Waals surface area contributed by atoms with Crippen LogP contribution < -0.4 is 15.3 Å². The highest BCUT2D eigenvalue weighted by Crippen LogP contribution is 2.32. The molecule has 0 N–H and O–H groups in total. The third-order valence-corrected chi connectivity index (χ3v) is 6.64. The molecule has 1 fully saturated rings. The number of benzene rings is 2. The maximum absolute atomic E-state index is 12.2. The van der Waals surface area contributed by atoms with Gasteiger partial charge in [-0.2, -0.15) is 0 Å². The molecule has 1 aliphatic heterocycles. The van der Waals surface area contributed by atoms with Crippen molar-refractivity contribution in [2.24, 2.45) is 0 Å². The Kier molecular flexibility index (Phi) is 6.06. The molecule has 8 nitrogen and oxygen atoms in total. The number of ether oxygens (including phenoxy) is 2. The van der Waals surface area contributed by atoms with Gasteiger partial charge in [-0.1, -0.05) is 30.0 Å². The zero-order valence-corrected chi connectivity index (χ0v) is 19.3. The van der Waals surface area contributed by atoms with E-state index in [4.69, 9.17) is 13.9 Å². The number of aryl methyl sites for hydroxylation is 1. The number of rotatable bonds is 6. The lowest BCUT2D eigenvalue weighted by Gasteiger charge is -2.28. The largest absolute Gasteiger partial charge is 0.497 e. The van der Waals surface area contributed by atoms with Gasteiger partial charge in [-0.05, 0) is 36.2 Å². The first-order valence-electron chi connectivity index (χ1n) is 10.7. The number of hydrogen-bond acceptors (Lipinski definition) is 8. The lowest BCUT2D eigenvalue weighted by atomic mass is 10.1. The van der Waals surface area contributed by atoms with E-state index in [1.165, 1.54) is 0 Å². The van der Waals surface area contributed by atoms with E-state index in [-0.39, 0.29) is 5.63 Å². The molecule has 0 amide bonds. The molecule has 0 aliphatic carbocycles. The van der Waals surface area contributed by atoms with Crippen LogP contribution in [0.2, 0.25) is 0 Å². The SMILES string of the molecule is COc1ccc2c(CSc3nnc(N4CCOCC4)n3-c3ccccc3C)cc(=O)oc2c1. The lowest BCUT2D eigenvalue weighted by molar-refractivity contribution is 0.122. The Morgan fingerprint density at radius 2 is 1.91 bits per heavy atom. The summed E-state index contributed by atoms with van der Waals surface area (Å²) in [5, 5.41) is 10.7. The molecule has 170 valence electrons. The lowest BCUT2D eigenvalue weighted by Crippen LogP contribution is -2.38. The second-order valence-corrected chi connectivity index (χ2v) is 8.69. The molecule has 2 aromatic carbocycles. The van der Waals surface area contributed by atoms with Gasteiger partial charge in [-0.3, -0.25) is 4.57 Å². The van der Waals surface area contributed by atoms with Gasteiger partial charge in [0.05, 0.1) is 26.0 Å². The number of methoxy groups -OCH3 is 1. The van der Waals surface area contributed by atoms with E-state index in [0.717, 1.165) is 46.4 Å². The zero-order chi connectivity index (χ0) is 22.8. The van der Waals surface area contributed by atoms with Gasteiger partial charge in [0.2, 0.25) is 5.95 Å². The molecule has 0 radical (unpaired) electrons. The summed E-state index contributed by atoms with van der Waals surface area (Å²) in [4.78, 5) is 14.4. The Labute approximate surface area is 195 Å². The topological polar surface area (TPSA) is 82.6 Å². The van der Waals surface area contributed by atoms with Crippen molar-refractivity contribution in [2.75, 3.05) is 38.3 Å². The minimum absolute atomic E-state index is 0.388. The average Bonchev–Trinajstić information content (AvgIpc) is 3.26. The second-order valence-electron chi connectivity index (χ2n) is 7.75. The van der Waals surface area contributed by atoms with E-state index in [0.29, 0.717) is 30.3 Å². The molecule has 1 saturated heterocycles. The van der Waals surface area contributed by atoms with Crippen molar-refractivity contribution in [1.29, 1.82) is 0 Å². The molecule has 0 spiro atoms. The van der Waals surface area contributed by atoms with Crippen LogP contribution in [0.25, 0.3) is 16.7 Å². The van der Waals surface area contributed by atoms with Crippen molar-refractivity contribution in [3.05, 3.63) is 70.1 Å². The average molecular weight is 465 g/mol. The molecular weight excluding hydrogens is 440 g/mol. The van der Waals surface area contributed by atoms with Gasteiger partial charge in [-0.15, -0.1) is 10.2 Å². The van der Waals surface area contributed by atoms with Gasteiger partial charge >= 0.3 is 5.63 Å². The summed E-state index contributed by atoms with van der Waals surface area (Å²) in [5.41, 5.74) is 3.16. The molecule has 5 rings (SSSR count). The maximum Gasteiger partial charge on any atom is 0.336 e. The minimum atomic E-state index is -0.388. The predicted molar refractivity (Wildman–Crippen MR) is 128 cm³/mol. The number of aromatic nitrogens is 3. The highest BCUT2D eigenvalue weighted by Gasteiger charge is 2.23. The van der Waals surface area contributed by atoms with Crippen LogP contribution in [-0.2, 0) is 10.5 Å². The zero-order valence-electron chi connectivity index (χ0n) is 18.5. The van der Waals surface area contributed by atoms with Gasteiger partial charge < -0.3 is 18.8 Å². The predicted octanol–water partition coefficient (Wildman–Crippen LogP) is 3.82. The highest BCUT2D eigenvalue weighted by molar-refractivity contribution is 7.98. The van der Waals surface area contributed by atoms with Crippen LogP contribution in [0, 0.1) is 6.92 Å². The molecule has 4 aromatic rings. The molecule has 2 aromatic heterocycles. The summed E-state index contributed by atoms with van der Waals surface area (Å²) in [7, 11) is 1.59. The molecule has 0 saturated carbocycles. The molecule has 1 aliphatic rings. The summed E-state index contributed by atoms with van der Waals surface area (Å²) in [6.45, 7) is 4.94. The third-order valence-electron chi connectivity index (χ3n) is 5.66. The second kappa shape index (κ2) is 9.29. The molecule has 0 atom stereocenters. The van der Waals surface area contributed by atoms with Crippen molar-refractivity contribution in [3.63, 3.8) is 0 Å². The van der Waals surface area contributed by atoms with E-state index >= 15 is 0 Å². The monoisotopic (exact) mass is 464 g/mol. The number of nitrogens with zero attached hydrogens (tertiary/aromatic N) is 4. The van der Waals surface area contributed by atoms with E-state index < -0.39 is 0 Å². The minimum Gasteiger partial charge on any atom is -0.497 e. The molecule has 3 heterocycles. The van der Waals surface area contributed by atoms with Crippen LogP contribution in [0.1, 0.15) is 11.1 Å². The van der Waals surface area contributed by atoms with Crippen molar-refractivity contribution >= 4 is 28.7 Å². The molecular formula is C24H24N4O4S. The fourth-order valence-corrected chi connectivity index (χ4v) is 4.88. The van der Waals surface area contributed by atoms with Crippen LogP contribution in [-0.4, -0.2) is 48.2 Å². The van der Waals surface area contributed by atoms with Gasteiger partial charge in [0, 0.05) is 36.4 Å². The van der Waals surface area contributed by atoms with Crippen molar-refractivity contribution < 1.29 is 13.9 Å². The third kappa shape index (κ3) is 4.34. The number of thioether (sulfide) groups is 1. The van der Waals surface area contributed by atoms with Gasteiger partial charge in [0.25, 0.3) is 0 Å². The number of fused-ring (bicyclic) bond motifs is 1. The van der Waals surface area contributed by atoms with Crippen LogP contribution in [0.15, 0.2) is 62.9 Å². The highest BCUT2D eigenvalue weighted by atomic mass is 32.2. The molecule has 9 heteroatoms. The van der Waals surface area contributed by atoms with E-state index in [2.05, 4.69) is 38.7 Å². The van der Waals surface area contributed by atoms with Crippen molar-refractivity contribution in [1.82, 2.24) is 14.8 Å². The first kappa shape index (κ1) is 21.5. The fourth-order valence-electron chi connectivity index (χ4n) is 3.95. The smallest absolute Gasteiger partial charge is 0.336 e. The van der Waals surface area contributed by atoms with E-state index in [1.54, 1.807) is 31.0 Å². The summed E-state index contributed by atoms with van der Waals surface area (Å²) in [5.74, 6) is 1.99. The van der Waals surface area contributed by atoms with Crippen LogP contribution >= 0.6 is 11.8 Å². The molecule has 0 unspecified atom stereocenters. The Bertz CT molecular complexity index is 1340. The Balaban J connectivity index is 1.52. The van der Waals surface area contributed by atoms with Crippen molar-refractivity contribution in [3.8, 4) is 11.4 Å². The summed E-state index contributed by atoms with van der Waals surface area (Å²) < 4.78 is 18.3. The standard InChI is InChI=1S/C24H24N4O4S/c1-16-5-3-4-6-20(16)28-23(27-9-11-31-12-10-27)25-26-24(28)33-15-17-13-22(29)32-21-14-18(30-2)7-8-19(17)21/h3-8,13-14H,9-12,15H2,1-2H3. The van der Waals surface area contributed by atoms with E-state index in [1.807, 2.05) is 24.3 Å². The number of morpholine rings is 1. The molecule has 33 heavy (non-hydrogen) atoms. The number of anilines is 1. The maximum atomic E-state index is 12.2. The number of para-hydroxylation sites is 1. The molecule has 0 bridgehead atoms. The fraction of sp³-hybridized carbons (Fsp3) is 0.292. The van der Waals surface area contributed by atoms with Gasteiger partial charge in [0.1, 0.15) is 11.3 Å². The van der Waals surface area contributed by atoms with Crippen molar-refractivity contribution in [2.45, 2.75) is 17.8 Å². The summed E-state index contributed by atoms with van der Waals surface area (Å²) >= 11 is 1.54. The van der Waals surface area contributed by atoms with Gasteiger partial charge in [0.15, 0.2) is 5.16 Å². The first-order chi connectivity index (χ1) is 16.1. The van der Waals surface area contributed by atoms with Crippen LogP contribution in [0.4, 0.5) is 5.95 Å². The quantitative estimate of drug-likeness (QED) is 0.315. The number of hydrogen-bond donors (Lipinski definition) is 0. The summed E-state index contributed by atoms with van der Waals surface area (Å²) in [6, 6.07) is 15.2. The Hall–Kier alpha value is -3.30. The van der Waals surface area contributed by atoms with Crippen LogP contribution in [0.5, 0.6) is 5.75 Å². The first-order valence-corrected chi connectivity index (χ1v) is 11.7. The Morgan fingerprint density at radius 3 is 2.70 bits per heavy atom. The Morgan fingerprint density at radius 1 is 1.09 bits per heavy atom. The summed E-state index contributed by atoms with van der Waals surface area (Å²) in [6.07, 6.45) is 0. The normalized spacial score (nSPS) is 14.1. The van der Waals surface area contributed by atoms with Crippen LogP contribution in [0.3, 0.4) is 0 Å². The van der Waals surface area contributed by atoms with E-state index in [9.17, 15) is 4.79 Å².